The van der Waals surface area contributed by atoms with Crippen molar-refractivity contribution in [2.45, 2.75) is 13.0 Å². The molecule has 0 radical (unpaired) electrons. The molecule has 0 unspecified atom stereocenters. The third-order valence-corrected chi connectivity index (χ3v) is 7.93. The molecule has 3 heterocycles. The molecule has 0 bridgehead atoms. The van der Waals surface area contributed by atoms with E-state index in [4.69, 9.17) is 16.6 Å². The number of nitrogens with zero attached hydrogens (tertiary/aromatic N) is 3. The monoisotopic (exact) mass is 538 g/mol. The summed E-state index contributed by atoms with van der Waals surface area (Å²) in [5.74, 6) is -0.305. The predicted octanol–water partition coefficient (Wildman–Crippen LogP) is 5.02. The van der Waals surface area contributed by atoms with Gasteiger partial charge in [-0.15, -0.1) is 0 Å². The zero-order valence-electron chi connectivity index (χ0n) is 20.7. The van der Waals surface area contributed by atoms with Gasteiger partial charge in [-0.1, -0.05) is 71.5 Å². The molecule has 6 rings (SSSR count). The van der Waals surface area contributed by atoms with Gasteiger partial charge in [0.2, 0.25) is 0 Å². The molecule has 2 aromatic heterocycles. The second-order valence-electron chi connectivity index (χ2n) is 9.17. The molecule has 0 spiro atoms. The molecule has 0 saturated carbocycles. The molecule has 1 amide bonds. The van der Waals surface area contributed by atoms with E-state index in [0.29, 0.717) is 31.3 Å². The van der Waals surface area contributed by atoms with Gasteiger partial charge in [-0.3, -0.25) is 14.2 Å². The van der Waals surface area contributed by atoms with Crippen molar-refractivity contribution >= 4 is 51.5 Å². The van der Waals surface area contributed by atoms with Crippen LogP contribution < -0.4 is 20.2 Å². The largest absolute Gasteiger partial charge is 0.350 e. The number of thiazole rings is 1. The Morgan fingerprint density at radius 2 is 1.74 bits per heavy atom. The Kier molecular flexibility index (Phi) is 6.10. The number of hydrogen-bond donors (Lipinski definition) is 1. The Morgan fingerprint density at radius 3 is 2.50 bits per heavy atom. The number of fused-ring (bicyclic) bond motifs is 2. The van der Waals surface area contributed by atoms with Gasteiger partial charge in [0.05, 0.1) is 21.8 Å². The number of amides is 1. The SMILES string of the molecule is CC1=C(C(=O)Nc2ccccc2)[C@H](c2ccc(Cl)cc2)n2c(s/c(=C\c3cn(C)c4ccccc34)c2=O)=N1. The third kappa shape index (κ3) is 4.20. The number of benzene rings is 3. The minimum absolute atomic E-state index is 0.195. The Morgan fingerprint density at radius 1 is 1.03 bits per heavy atom. The molecule has 3 aromatic carbocycles. The second-order valence-corrected chi connectivity index (χ2v) is 10.6. The van der Waals surface area contributed by atoms with Gasteiger partial charge in [-0.2, -0.15) is 0 Å². The number of aromatic nitrogens is 2. The normalized spacial score (nSPS) is 15.4. The lowest BCUT2D eigenvalue weighted by molar-refractivity contribution is -0.113. The molecule has 1 N–H and O–H groups in total. The highest BCUT2D eigenvalue weighted by atomic mass is 35.5. The van der Waals surface area contributed by atoms with Crippen LogP contribution >= 0.6 is 22.9 Å². The van der Waals surface area contributed by atoms with Crippen molar-refractivity contribution in [3.8, 4) is 0 Å². The molecule has 8 heteroatoms. The van der Waals surface area contributed by atoms with Gasteiger partial charge in [0.25, 0.3) is 11.5 Å². The molecule has 1 atom stereocenters. The molecule has 188 valence electrons. The van der Waals surface area contributed by atoms with E-state index >= 15 is 0 Å². The number of nitrogens with one attached hydrogen (secondary N) is 1. The van der Waals surface area contributed by atoms with Crippen LogP contribution in [0.25, 0.3) is 17.0 Å². The van der Waals surface area contributed by atoms with Crippen molar-refractivity contribution in [2.75, 3.05) is 5.32 Å². The summed E-state index contributed by atoms with van der Waals surface area (Å²) in [5.41, 5.74) is 4.27. The number of carbonyl (C=O) groups excluding carboxylic acids is 1. The number of hydrogen-bond acceptors (Lipinski definition) is 4. The van der Waals surface area contributed by atoms with E-state index in [2.05, 4.69) is 11.4 Å². The molecule has 38 heavy (non-hydrogen) atoms. The topological polar surface area (TPSA) is 68.4 Å². The number of allylic oxidation sites excluding steroid dienone is 1. The summed E-state index contributed by atoms with van der Waals surface area (Å²) in [5, 5.41) is 4.61. The predicted molar refractivity (Wildman–Crippen MR) is 153 cm³/mol. The van der Waals surface area contributed by atoms with Crippen LogP contribution in [0.2, 0.25) is 5.02 Å². The van der Waals surface area contributed by atoms with E-state index in [-0.39, 0.29) is 11.5 Å². The van der Waals surface area contributed by atoms with E-state index < -0.39 is 6.04 Å². The number of aryl methyl sites for hydroxylation is 1. The van der Waals surface area contributed by atoms with Crippen molar-refractivity contribution in [3.63, 3.8) is 0 Å². The summed E-state index contributed by atoms with van der Waals surface area (Å²) >= 11 is 7.50. The maximum atomic E-state index is 13.9. The fourth-order valence-corrected chi connectivity index (χ4v) is 6.08. The summed E-state index contributed by atoms with van der Waals surface area (Å²) in [6.07, 6.45) is 3.93. The third-order valence-electron chi connectivity index (χ3n) is 6.70. The summed E-state index contributed by atoms with van der Waals surface area (Å²) in [7, 11) is 1.99. The highest BCUT2D eigenvalue weighted by molar-refractivity contribution is 7.07. The quantitative estimate of drug-likeness (QED) is 0.349. The fourth-order valence-electron chi connectivity index (χ4n) is 4.92. The van der Waals surface area contributed by atoms with Gasteiger partial charge in [0, 0.05) is 40.4 Å². The lowest BCUT2D eigenvalue weighted by Crippen LogP contribution is -2.40. The van der Waals surface area contributed by atoms with Crippen molar-refractivity contribution < 1.29 is 4.79 Å². The summed E-state index contributed by atoms with van der Waals surface area (Å²) in [4.78, 5) is 32.8. The van der Waals surface area contributed by atoms with E-state index in [9.17, 15) is 9.59 Å². The minimum Gasteiger partial charge on any atom is -0.350 e. The number of carbonyl (C=O) groups is 1. The first-order valence-corrected chi connectivity index (χ1v) is 13.3. The van der Waals surface area contributed by atoms with Crippen molar-refractivity contribution in [1.29, 1.82) is 0 Å². The van der Waals surface area contributed by atoms with E-state index in [0.717, 1.165) is 22.0 Å². The van der Waals surface area contributed by atoms with Crippen LogP contribution in [0.3, 0.4) is 0 Å². The number of halogens is 1. The van der Waals surface area contributed by atoms with Crippen molar-refractivity contribution in [3.05, 3.63) is 132 Å². The number of anilines is 1. The lowest BCUT2D eigenvalue weighted by atomic mass is 9.95. The molecular weight excluding hydrogens is 516 g/mol. The lowest BCUT2D eigenvalue weighted by Gasteiger charge is -2.25. The van der Waals surface area contributed by atoms with Crippen LogP contribution in [0.1, 0.15) is 24.1 Å². The van der Waals surface area contributed by atoms with Gasteiger partial charge < -0.3 is 9.88 Å². The van der Waals surface area contributed by atoms with Crippen molar-refractivity contribution in [2.24, 2.45) is 12.0 Å². The van der Waals surface area contributed by atoms with Crippen LogP contribution in [0.5, 0.6) is 0 Å². The number of para-hydroxylation sites is 2. The zero-order valence-corrected chi connectivity index (χ0v) is 22.3. The minimum atomic E-state index is -0.651. The number of rotatable bonds is 4. The van der Waals surface area contributed by atoms with Gasteiger partial charge in [-0.25, -0.2) is 4.99 Å². The Bertz CT molecular complexity index is 1920. The highest BCUT2D eigenvalue weighted by Gasteiger charge is 2.32. The van der Waals surface area contributed by atoms with E-state index in [1.54, 1.807) is 16.7 Å². The van der Waals surface area contributed by atoms with E-state index in [1.807, 2.05) is 91.5 Å². The first kappa shape index (κ1) is 24.2. The molecule has 6 nitrogen and oxygen atoms in total. The highest BCUT2D eigenvalue weighted by Crippen LogP contribution is 2.31. The molecule has 0 fully saturated rings. The fraction of sp³-hybridized carbons (Fsp3) is 0.100. The summed E-state index contributed by atoms with van der Waals surface area (Å²) in [6.45, 7) is 1.81. The smallest absolute Gasteiger partial charge is 0.271 e. The van der Waals surface area contributed by atoms with Gasteiger partial charge in [0.1, 0.15) is 0 Å². The van der Waals surface area contributed by atoms with Crippen LogP contribution in [-0.2, 0) is 11.8 Å². The molecule has 1 aliphatic heterocycles. The van der Waals surface area contributed by atoms with Crippen LogP contribution in [0.15, 0.2) is 106 Å². The average Bonchev–Trinajstić information content (AvgIpc) is 3.40. The zero-order chi connectivity index (χ0) is 26.4. The van der Waals surface area contributed by atoms with Gasteiger partial charge in [-0.05, 0) is 48.9 Å². The Labute approximate surface area is 227 Å². The first-order valence-electron chi connectivity index (χ1n) is 12.1. The summed E-state index contributed by atoms with van der Waals surface area (Å²) in [6, 6.07) is 23.9. The van der Waals surface area contributed by atoms with Crippen LogP contribution in [-0.4, -0.2) is 15.0 Å². The Hall–Kier alpha value is -4.20. The maximum Gasteiger partial charge on any atom is 0.271 e. The van der Waals surface area contributed by atoms with Crippen molar-refractivity contribution in [1.82, 2.24) is 9.13 Å². The van der Waals surface area contributed by atoms with Gasteiger partial charge in [0.15, 0.2) is 4.80 Å². The Balaban J connectivity index is 1.53. The average molecular weight is 539 g/mol. The van der Waals surface area contributed by atoms with Crippen LogP contribution in [0, 0.1) is 0 Å². The first-order chi connectivity index (χ1) is 18.4. The molecule has 1 aliphatic rings. The molecule has 0 saturated heterocycles. The standard InChI is InChI=1S/C30H23ClN4O2S/c1-18-26(28(36)33-22-8-4-3-5-9-22)27(19-12-14-21(31)15-13-19)35-29(37)25(38-30(35)32-18)16-20-17-34(2)24-11-7-6-10-23(20)24/h3-17,27H,1-2H3,(H,33,36)/b25-16-/t27-/m0/s1. The van der Waals surface area contributed by atoms with E-state index in [1.165, 1.54) is 11.3 Å². The van der Waals surface area contributed by atoms with Crippen LogP contribution in [0.4, 0.5) is 5.69 Å². The molecule has 5 aromatic rings. The molecular formula is C30H23ClN4O2S. The maximum absolute atomic E-state index is 13.9. The van der Waals surface area contributed by atoms with Gasteiger partial charge >= 0.3 is 0 Å². The molecule has 0 aliphatic carbocycles. The second kappa shape index (κ2) is 9.59. The summed E-state index contributed by atoms with van der Waals surface area (Å²) < 4.78 is 4.22.